The maximum Gasteiger partial charge on any atom is 0.256 e. The zero-order chi connectivity index (χ0) is 21.0. The fraction of sp³-hybridized carbons (Fsp3) is 0.375. The smallest absolute Gasteiger partial charge is 0.256 e. The van der Waals surface area contributed by atoms with Crippen LogP contribution in [0.25, 0.3) is 11.3 Å². The van der Waals surface area contributed by atoms with Crippen molar-refractivity contribution in [2.24, 2.45) is 11.3 Å². The minimum atomic E-state index is -0.468. The van der Waals surface area contributed by atoms with Crippen LogP contribution in [0.5, 0.6) is 0 Å². The molecular weight excluding hydrogens is 399 g/mol. The lowest BCUT2D eigenvalue weighted by molar-refractivity contribution is 0.0930. The highest BCUT2D eigenvalue weighted by atomic mass is 32.1. The van der Waals surface area contributed by atoms with Crippen LogP contribution in [0.2, 0.25) is 0 Å². The Morgan fingerprint density at radius 3 is 2.70 bits per heavy atom. The van der Waals surface area contributed by atoms with Crippen molar-refractivity contribution < 1.29 is 13.6 Å². The number of furan rings is 1. The summed E-state index contributed by atoms with van der Waals surface area (Å²) >= 11 is 1.69. The van der Waals surface area contributed by atoms with Crippen LogP contribution in [-0.2, 0) is 12.8 Å². The second kappa shape index (κ2) is 6.98. The van der Waals surface area contributed by atoms with Gasteiger partial charge in [0.25, 0.3) is 5.91 Å². The monoisotopic (exact) mass is 424 g/mol. The van der Waals surface area contributed by atoms with E-state index in [1.165, 1.54) is 16.5 Å². The van der Waals surface area contributed by atoms with Crippen molar-refractivity contribution in [2.45, 2.75) is 46.2 Å². The third kappa shape index (κ3) is 3.23. The summed E-state index contributed by atoms with van der Waals surface area (Å²) in [7, 11) is 0. The average Bonchev–Trinajstić information content (AvgIpc) is 3.31. The molecule has 2 atom stereocenters. The first-order valence-corrected chi connectivity index (χ1v) is 11.2. The van der Waals surface area contributed by atoms with Gasteiger partial charge in [-0.05, 0) is 60.4 Å². The predicted molar refractivity (Wildman–Crippen MR) is 117 cm³/mol. The number of hydrogen-bond donors (Lipinski definition) is 2. The maximum absolute atomic E-state index is 14.1. The molecule has 2 aromatic heterocycles. The highest BCUT2D eigenvalue weighted by molar-refractivity contribution is 7.16. The van der Waals surface area contributed by atoms with E-state index in [1.807, 2.05) is 0 Å². The molecule has 3 aromatic rings. The summed E-state index contributed by atoms with van der Waals surface area (Å²) in [5.41, 5.74) is 2.66. The van der Waals surface area contributed by atoms with E-state index < -0.39 is 6.17 Å². The van der Waals surface area contributed by atoms with E-state index in [9.17, 15) is 9.18 Å². The Hall–Kier alpha value is -2.60. The van der Waals surface area contributed by atoms with Crippen molar-refractivity contribution in [1.29, 1.82) is 0 Å². The number of anilines is 1. The van der Waals surface area contributed by atoms with Crippen molar-refractivity contribution in [3.8, 4) is 11.3 Å². The first-order chi connectivity index (χ1) is 14.3. The standard InChI is InChI=1S/C24H25FN2O2S/c1-24(2,3)13-8-9-15-19(12-13)30-23-20(15)22(28)26-21(27-23)18-11-10-17(29-18)14-6-4-5-7-16(14)25/h4-7,10-11,13,21,27H,8-9,12H2,1-3H3,(H,26,28)/t13-,21+/m0/s1. The van der Waals surface area contributed by atoms with Gasteiger partial charge in [-0.2, -0.15) is 0 Å². The highest BCUT2D eigenvalue weighted by Gasteiger charge is 2.37. The number of carbonyl (C=O) groups excluding carboxylic acids is 1. The predicted octanol–water partition coefficient (Wildman–Crippen LogP) is 6.15. The molecule has 0 bridgehead atoms. The second-order valence-electron chi connectivity index (χ2n) is 9.25. The molecule has 0 unspecified atom stereocenters. The van der Waals surface area contributed by atoms with E-state index in [0.717, 1.165) is 29.8 Å². The Kier molecular flexibility index (Phi) is 4.51. The Labute approximate surface area is 179 Å². The van der Waals surface area contributed by atoms with Crippen molar-refractivity contribution >= 4 is 22.2 Å². The van der Waals surface area contributed by atoms with Gasteiger partial charge in [-0.1, -0.05) is 32.9 Å². The van der Waals surface area contributed by atoms with Gasteiger partial charge in [0, 0.05) is 4.88 Å². The average molecular weight is 425 g/mol. The van der Waals surface area contributed by atoms with Gasteiger partial charge in [0.15, 0.2) is 6.17 Å². The number of benzene rings is 1. The first kappa shape index (κ1) is 19.4. The Morgan fingerprint density at radius 1 is 1.13 bits per heavy atom. The van der Waals surface area contributed by atoms with Crippen molar-refractivity contribution in [3.63, 3.8) is 0 Å². The number of halogens is 1. The number of rotatable bonds is 2. The third-order valence-electron chi connectivity index (χ3n) is 6.32. The second-order valence-corrected chi connectivity index (χ2v) is 10.4. The van der Waals surface area contributed by atoms with Gasteiger partial charge in [0.05, 0.1) is 11.1 Å². The van der Waals surface area contributed by atoms with Crippen LogP contribution in [0, 0.1) is 17.2 Å². The zero-order valence-corrected chi connectivity index (χ0v) is 18.2. The van der Waals surface area contributed by atoms with Crippen molar-refractivity contribution in [3.05, 3.63) is 64.0 Å². The number of fused-ring (bicyclic) bond motifs is 3. The highest BCUT2D eigenvalue weighted by Crippen LogP contribution is 2.46. The van der Waals surface area contributed by atoms with Crippen LogP contribution in [0.4, 0.5) is 9.39 Å². The summed E-state index contributed by atoms with van der Waals surface area (Å²) in [6, 6.07) is 10.0. The lowest BCUT2D eigenvalue weighted by atomic mass is 9.72. The summed E-state index contributed by atoms with van der Waals surface area (Å²) in [5, 5.41) is 7.36. The lowest BCUT2D eigenvalue weighted by Gasteiger charge is -2.34. The molecule has 0 spiro atoms. The first-order valence-electron chi connectivity index (χ1n) is 10.4. The zero-order valence-electron chi connectivity index (χ0n) is 17.3. The molecule has 0 fully saturated rings. The number of hydrogen-bond acceptors (Lipinski definition) is 4. The van der Waals surface area contributed by atoms with Crippen LogP contribution in [-0.4, -0.2) is 5.91 Å². The largest absolute Gasteiger partial charge is 0.457 e. The molecule has 6 heteroatoms. The lowest BCUT2D eigenvalue weighted by Crippen LogP contribution is -2.38. The van der Waals surface area contributed by atoms with Gasteiger partial charge in [-0.25, -0.2) is 4.39 Å². The van der Waals surface area contributed by atoms with E-state index in [0.29, 0.717) is 23.0 Å². The number of nitrogens with one attached hydrogen (secondary N) is 2. The summed E-state index contributed by atoms with van der Waals surface area (Å²) in [4.78, 5) is 14.3. The Morgan fingerprint density at radius 2 is 1.93 bits per heavy atom. The van der Waals surface area contributed by atoms with E-state index >= 15 is 0 Å². The molecule has 3 heterocycles. The minimum absolute atomic E-state index is 0.0655. The molecule has 1 aromatic carbocycles. The molecule has 156 valence electrons. The van der Waals surface area contributed by atoms with Gasteiger partial charge >= 0.3 is 0 Å². The third-order valence-corrected chi connectivity index (χ3v) is 7.50. The van der Waals surface area contributed by atoms with Gasteiger partial charge < -0.3 is 15.1 Å². The molecule has 1 amide bonds. The summed E-state index contributed by atoms with van der Waals surface area (Å²) in [6.45, 7) is 6.88. The fourth-order valence-corrected chi connectivity index (χ4v) is 5.85. The van der Waals surface area contributed by atoms with Crippen molar-refractivity contribution in [2.75, 3.05) is 5.32 Å². The molecule has 30 heavy (non-hydrogen) atoms. The van der Waals surface area contributed by atoms with Gasteiger partial charge in [0.2, 0.25) is 0 Å². The minimum Gasteiger partial charge on any atom is -0.457 e. The van der Waals surface area contributed by atoms with E-state index in [1.54, 1.807) is 41.7 Å². The molecule has 4 nitrogen and oxygen atoms in total. The number of thiophene rings is 1. The number of carbonyl (C=O) groups is 1. The normalized spacial score (nSPS) is 20.9. The van der Waals surface area contributed by atoms with E-state index in [2.05, 4.69) is 31.4 Å². The van der Waals surface area contributed by atoms with Crippen LogP contribution in [0.1, 0.15) is 59.9 Å². The van der Waals surface area contributed by atoms with E-state index in [4.69, 9.17) is 4.42 Å². The summed E-state index contributed by atoms with van der Waals surface area (Å²) in [5.74, 6) is 1.23. The molecule has 1 aliphatic heterocycles. The Bertz CT molecular complexity index is 1120. The molecular formula is C24H25FN2O2S. The molecule has 2 N–H and O–H groups in total. The molecule has 5 rings (SSSR count). The van der Waals surface area contributed by atoms with Gasteiger partial charge in [-0.3, -0.25) is 4.79 Å². The van der Waals surface area contributed by atoms with Gasteiger partial charge in [0.1, 0.15) is 22.3 Å². The molecule has 2 aliphatic rings. The van der Waals surface area contributed by atoms with Crippen LogP contribution >= 0.6 is 11.3 Å². The SMILES string of the molecule is CC(C)(C)[C@H]1CCc2c(sc3c2C(=O)N[C@@H](c2ccc(-c4ccccc4F)o2)N3)C1. The van der Waals surface area contributed by atoms with Gasteiger partial charge in [-0.15, -0.1) is 11.3 Å². The Balaban J connectivity index is 1.42. The molecule has 1 aliphatic carbocycles. The van der Waals surface area contributed by atoms with Crippen LogP contribution in [0.3, 0.4) is 0 Å². The molecule has 0 radical (unpaired) electrons. The molecule has 0 saturated heterocycles. The van der Waals surface area contributed by atoms with E-state index in [-0.39, 0.29) is 17.1 Å². The fourth-order valence-electron chi connectivity index (χ4n) is 4.49. The number of amides is 1. The van der Waals surface area contributed by atoms with Crippen LogP contribution < -0.4 is 10.6 Å². The quantitative estimate of drug-likeness (QED) is 0.519. The van der Waals surface area contributed by atoms with Crippen LogP contribution in [0.15, 0.2) is 40.8 Å². The van der Waals surface area contributed by atoms with Crippen molar-refractivity contribution in [1.82, 2.24) is 5.32 Å². The summed E-state index contributed by atoms with van der Waals surface area (Å²) in [6.07, 6.45) is 2.61. The summed E-state index contributed by atoms with van der Waals surface area (Å²) < 4.78 is 20.0. The molecule has 0 saturated carbocycles. The maximum atomic E-state index is 14.1. The topological polar surface area (TPSA) is 54.3 Å².